The second-order valence-electron chi connectivity index (χ2n) is 3.38. The highest BCUT2D eigenvalue weighted by Gasteiger charge is 2.38. The third-order valence-electron chi connectivity index (χ3n) is 2.08. The van der Waals surface area contributed by atoms with Crippen LogP contribution in [-0.2, 0) is 9.53 Å². The van der Waals surface area contributed by atoms with Crippen molar-refractivity contribution in [1.29, 1.82) is 0 Å². The van der Waals surface area contributed by atoms with Crippen molar-refractivity contribution in [1.82, 2.24) is 4.90 Å². The molecule has 0 spiro atoms. The van der Waals surface area contributed by atoms with Gasteiger partial charge in [0.15, 0.2) is 0 Å². The molecule has 1 heterocycles. The Kier molecular flexibility index (Phi) is 2.18. The second kappa shape index (κ2) is 2.81. The first-order chi connectivity index (χ1) is 5.06. The van der Waals surface area contributed by atoms with E-state index in [9.17, 15) is 4.79 Å². The van der Waals surface area contributed by atoms with Crippen molar-refractivity contribution in [3.05, 3.63) is 0 Å². The lowest BCUT2D eigenvalue weighted by molar-refractivity contribution is -0.148. The molecule has 0 aliphatic carbocycles. The van der Waals surface area contributed by atoms with E-state index in [1.54, 1.807) is 19.0 Å². The van der Waals surface area contributed by atoms with E-state index in [0.717, 1.165) is 19.4 Å². The quantitative estimate of drug-likeness (QED) is 0.559. The van der Waals surface area contributed by atoms with Crippen LogP contribution in [0.3, 0.4) is 0 Å². The highest BCUT2D eigenvalue weighted by Crippen LogP contribution is 2.26. The molecule has 1 rings (SSSR count). The van der Waals surface area contributed by atoms with Gasteiger partial charge in [-0.15, -0.1) is 0 Å². The molecule has 1 aliphatic rings. The minimum absolute atomic E-state index is 0.0787. The maximum Gasteiger partial charge on any atom is 0.254 e. The smallest absolute Gasteiger partial charge is 0.254 e. The maximum atomic E-state index is 11.5. The number of carbonyl (C=O) groups excluding carboxylic acids is 1. The van der Waals surface area contributed by atoms with Crippen molar-refractivity contribution in [2.45, 2.75) is 25.4 Å². The van der Waals surface area contributed by atoms with Crippen LogP contribution in [0.2, 0.25) is 0 Å². The lowest BCUT2D eigenvalue weighted by Gasteiger charge is -2.25. The van der Waals surface area contributed by atoms with Crippen molar-refractivity contribution >= 4 is 5.91 Å². The monoisotopic (exact) mass is 157 g/mol. The van der Waals surface area contributed by atoms with Crippen LogP contribution in [0, 0.1) is 0 Å². The van der Waals surface area contributed by atoms with E-state index < -0.39 is 5.60 Å². The van der Waals surface area contributed by atoms with Gasteiger partial charge in [-0.3, -0.25) is 4.79 Å². The van der Waals surface area contributed by atoms with Gasteiger partial charge in [0.1, 0.15) is 5.60 Å². The molecule has 1 atom stereocenters. The van der Waals surface area contributed by atoms with Crippen LogP contribution in [0.1, 0.15) is 19.8 Å². The molecule has 0 N–H and O–H groups in total. The lowest BCUT2D eigenvalue weighted by atomic mass is 10.0. The SMILES string of the molecule is CN(C)C(=O)C1(C)CCCO1. The van der Waals surface area contributed by atoms with E-state index in [2.05, 4.69) is 0 Å². The number of carbonyl (C=O) groups is 1. The minimum Gasteiger partial charge on any atom is -0.365 e. The highest BCUT2D eigenvalue weighted by molar-refractivity contribution is 5.84. The number of amides is 1. The minimum atomic E-state index is -0.538. The summed E-state index contributed by atoms with van der Waals surface area (Å²) in [5.41, 5.74) is -0.538. The number of hydrogen-bond donors (Lipinski definition) is 0. The Morgan fingerprint density at radius 1 is 1.55 bits per heavy atom. The van der Waals surface area contributed by atoms with Crippen LogP contribution >= 0.6 is 0 Å². The fourth-order valence-electron chi connectivity index (χ4n) is 1.42. The number of ether oxygens (including phenoxy) is 1. The Morgan fingerprint density at radius 3 is 2.55 bits per heavy atom. The molecular weight excluding hydrogens is 142 g/mol. The van der Waals surface area contributed by atoms with E-state index in [-0.39, 0.29) is 5.91 Å². The summed E-state index contributed by atoms with van der Waals surface area (Å²) in [6, 6.07) is 0. The number of likely N-dealkylation sites (N-methyl/N-ethyl adjacent to an activating group) is 1. The van der Waals surface area contributed by atoms with E-state index in [4.69, 9.17) is 4.74 Å². The number of hydrogen-bond acceptors (Lipinski definition) is 2. The molecule has 0 bridgehead atoms. The van der Waals surface area contributed by atoms with Crippen LogP contribution in [-0.4, -0.2) is 37.1 Å². The van der Waals surface area contributed by atoms with E-state index in [1.807, 2.05) is 6.92 Å². The zero-order valence-electron chi connectivity index (χ0n) is 7.39. The van der Waals surface area contributed by atoms with Crippen LogP contribution in [0.25, 0.3) is 0 Å². The first-order valence-electron chi connectivity index (χ1n) is 3.92. The van der Waals surface area contributed by atoms with Gasteiger partial charge < -0.3 is 9.64 Å². The predicted molar refractivity (Wildman–Crippen MR) is 42.3 cm³/mol. The molecule has 0 radical (unpaired) electrons. The van der Waals surface area contributed by atoms with Gasteiger partial charge in [0.2, 0.25) is 0 Å². The summed E-state index contributed by atoms with van der Waals surface area (Å²) in [6.45, 7) is 2.58. The molecule has 3 heteroatoms. The van der Waals surface area contributed by atoms with Crippen molar-refractivity contribution in [3.63, 3.8) is 0 Å². The molecule has 1 saturated heterocycles. The molecule has 3 nitrogen and oxygen atoms in total. The fourth-order valence-corrected chi connectivity index (χ4v) is 1.42. The third kappa shape index (κ3) is 1.53. The molecule has 11 heavy (non-hydrogen) atoms. The maximum absolute atomic E-state index is 11.5. The molecular formula is C8H15NO2. The normalized spacial score (nSPS) is 30.5. The van der Waals surface area contributed by atoms with Crippen LogP contribution in [0.5, 0.6) is 0 Å². The molecule has 1 fully saturated rings. The van der Waals surface area contributed by atoms with Crippen LogP contribution in [0.4, 0.5) is 0 Å². The summed E-state index contributed by atoms with van der Waals surface area (Å²) in [5.74, 6) is 0.0787. The van der Waals surface area contributed by atoms with Gasteiger partial charge in [-0.05, 0) is 19.8 Å². The molecule has 1 aliphatic heterocycles. The van der Waals surface area contributed by atoms with Gasteiger partial charge in [0.05, 0.1) is 0 Å². The van der Waals surface area contributed by atoms with Gasteiger partial charge >= 0.3 is 0 Å². The summed E-state index contributed by atoms with van der Waals surface area (Å²) >= 11 is 0. The Balaban J connectivity index is 2.64. The van der Waals surface area contributed by atoms with E-state index in [1.165, 1.54) is 0 Å². The summed E-state index contributed by atoms with van der Waals surface area (Å²) in [7, 11) is 3.52. The first-order valence-corrected chi connectivity index (χ1v) is 3.92. The standard InChI is InChI=1S/C8H15NO2/c1-8(5-4-6-11-8)7(10)9(2)3/h4-6H2,1-3H3. The molecule has 64 valence electrons. The van der Waals surface area contributed by atoms with Gasteiger partial charge in [-0.1, -0.05) is 0 Å². The summed E-state index contributed by atoms with van der Waals surface area (Å²) in [6.07, 6.45) is 1.85. The Bertz CT molecular complexity index is 159. The second-order valence-corrected chi connectivity index (χ2v) is 3.38. The van der Waals surface area contributed by atoms with Crippen molar-refractivity contribution in [2.24, 2.45) is 0 Å². The molecule has 0 saturated carbocycles. The average molecular weight is 157 g/mol. The topological polar surface area (TPSA) is 29.5 Å². The summed E-state index contributed by atoms with van der Waals surface area (Å²) in [4.78, 5) is 13.1. The largest absolute Gasteiger partial charge is 0.365 e. The molecule has 1 unspecified atom stereocenters. The summed E-state index contributed by atoms with van der Waals surface area (Å²) in [5, 5.41) is 0. The van der Waals surface area contributed by atoms with Crippen LogP contribution < -0.4 is 0 Å². The predicted octanol–water partition coefficient (Wildman–Crippen LogP) is 0.644. The Labute approximate surface area is 67.3 Å². The summed E-state index contributed by atoms with van der Waals surface area (Å²) < 4.78 is 5.37. The van der Waals surface area contributed by atoms with Gasteiger partial charge in [0.25, 0.3) is 5.91 Å². The van der Waals surface area contributed by atoms with Crippen molar-refractivity contribution in [3.8, 4) is 0 Å². The lowest BCUT2D eigenvalue weighted by Crippen LogP contribution is -2.43. The van der Waals surface area contributed by atoms with Gasteiger partial charge in [-0.2, -0.15) is 0 Å². The number of rotatable bonds is 1. The van der Waals surface area contributed by atoms with E-state index >= 15 is 0 Å². The molecule has 1 amide bonds. The van der Waals surface area contributed by atoms with E-state index in [0.29, 0.717) is 0 Å². The average Bonchev–Trinajstić information content (AvgIpc) is 2.35. The highest BCUT2D eigenvalue weighted by atomic mass is 16.5. The zero-order chi connectivity index (χ0) is 8.48. The molecule has 0 aromatic heterocycles. The van der Waals surface area contributed by atoms with Crippen molar-refractivity contribution < 1.29 is 9.53 Å². The van der Waals surface area contributed by atoms with Gasteiger partial charge in [0, 0.05) is 20.7 Å². The zero-order valence-corrected chi connectivity index (χ0v) is 7.39. The first kappa shape index (κ1) is 8.53. The molecule has 0 aromatic rings. The van der Waals surface area contributed by atoms with Crippen LogP contribution in [0.15, 0.2) is 0 Å². The van der Waals surface area contributed by atoms with Gasteiger partial charge in [-0.25, -0.2) is 0 Å². The number of nitrogens with zero attached hydrogens (tertiary/aromatic N) is 1. The molecule has 0 aromatic carbocycles. The third-order valence-corrected chi connectivity index (χ3v) is 2.08. The Hall–Kier alpha value is -0.570. The Morgan fingerprint density at radius 2 is 2.18 bits per heavy atom. The van der Waals surface area contributed by atoms with Crippen molar-refractivity contribution in [2.75, 3.05) is 20.7 Å². The fraction of sp³-hybridized carbons (Fsp3) is 0.875.